The molecule has 0 amide bonds. The van der Waals surface area contributed by atoms with Crippen molar-refractivity contribution in [3.63, 3.8) is 0 Å². The standard InChI is InChI=1S/C17H22N4OS/c1-22-14-6-4-3-5-13(14)12-7-9-21(10-8-12)16-11-15(18)19-17(20-16)23-2/h3-6,11-12H,7-10H2,1-2H3,(H2,18,19,20). The maximum Gasteiger partial charge on any atom is 0.191 e. The second kappa shape index (κ2) is 7.08. The van der Waals surface area contributed by atoms with E-state index in [0.717, 1.165) is 42.7 Å². The summed E-state index contributed by atoms with van der Waals surface area (Å²) in [6.07, 6.45) is 4.13. The van der Waals surface area contributed by atoms with E-state index >= 15 is 0 Å². The summed E-state index contributed by atoms with van der Waals surface area (Å²) in [6.45, 7) is 1.93. The van der Waals surface area contributed by atoms with Crippen molar-refractivity contribution >= 4 is 23.4 Å². The molecule has 6 heteroatoms. The van der Waals surface area contributed by atoms with Gasteiger partial charge in [0.05, 0.1) is 7.11 Å². The van der Waals surface area contributed by atoms with Crippen LogP contribution >= 0.6 is 11.8 Å². The number of hydrogen-bond acceptors (Lipinski definition) is 6. The Morgan fingerprint density at radius 2 is 1.96 bits per heavy atom. The van der Waals surface area contributed by atoms with E-state index in [1.807, 2.05) is 24.5 Å². The molecule has 0 atom stereocenters. The molecule has 0 saturated carbocycles. The Kier molecular flexibility index (Phi) is 4.91. The van der Waals surface area contributed by atoms with Crippen molar-refractivity contribution in [3.8, 4) is 5.75 Å². The monoisotopic (exact) mass is 330 g/mol. The topological polar surface area (TPSA) is 64.3 Å². The number of thioether (sulfide) groups is 1. The van der Waals surface area contributed by atoms with Crippen molar-refractivity contribution in [1.29, 1.82) is 0 Å². The Labute approximate surface area is 141 Å². The number of hydrogen-bond donors (Lipinski definition) is 1. The molecule has 1 aromatic heterocycles. The van der Waals surface area contributed by atoms with Crippen molar-refractivity contribution in [2.45, 2.75) is 23.9 Å². The zero-order valence-corrected chi connectivity index (χ0v) is 14.3. The third-order valence-electron chi connectivity index (χ3n) is 4.29. The van der Waals surface area contributed by atoms with Gasteiger partial charge in [0, 0.05) is 19.2 Å². The van der Waals surface area contributed by atoms with Gasteiger partial charge in [-0.3, -0.25) is 0 Å². The molecule has 0 spiro atoms. The molecule has 1 saturated heterocycles. The number of nitrogens with two attached hydrogens (primary N) is 1. The molecular weight excluding hydrogens is 308 g/mol. The fourth-order valence-electron chi connectivity index (χ4n) is 3.11. The Balaban J connectivity index is 1.72. The SMILES string of the molecule is COc1ccccc1C1CCN(c2cc(N)nc(SC)n2)CC1. The maximum atomic E-state index is 5.89. The molecule has 2 N–H and O–H groups in total. The Bertz CT molecular complexity index is 671. The predicted octanol–water partition coefficient (Wildman–Crippen LogP) is 3.17. The number of anilines is 2. The van der Waals surface area contributed by atoms with Gasteiger partial charge in [-0.2, -0.15) is 0 Å². The van der Waals surface area contributed by atoms with Gasteiger partial charge in [-0.15, -0.1) is 0 Å². The second-order valence-electron chi connectivity index (χ2n) is 5.64. The van der Waals surface area contributed by atoms with Gasteiger partial charge < -0.3 is 15.4 Å². The molecule has 3 rings (SSSR count). The molecule has 5 nitrogen and oxygen atoms in total. The molecule has 1 aliphatic rings. The normalized spacial score (nSPS) is 15.7. The lowest BCUT2D eigenvalue weighted by molar-refractivity contribution is 0.397. The highest BCUT2D eigenvalue weighted by Crippen LogP contribution is 2.35. The summed E-state index contributed by atoms with van der Waals surface area (Å²) >= 11 is 1.52. The zero-order valence-electron chi connectivity index (χ0n) is 13.5. The molecular formula is C17H22N4OS. The predicted molar refractivity (Wildman–Crippen MR) is 95.4 cm³/mol. The Morgan fingerprint density at radius 1 is 1.22 bits per heavy atom. The maximum absolute atomic E-state index is 5.89. The number of piperidine rings is 1. The van der Waals surface area contributed by atoms with Crippen molar-refractivity contribution in [3.05, 3.63) is 35.9 Å². The lowest BCUT2D eigenvalue weighted by Gasteiger charge is -2.33. The van der Waals surface area contributed by atoms with Crippen LogP contribution in [0.25, 0.3) is 0 Å². The van der Waals surface area contributed by atoms with E-state index in [1.165, 1.54) is 17.3 Å². The van der Waals surface area contributed by atoms with Gasteiger partial charge in [0.25, 0.3) is 0 Å². The number of benzene rings is 1. The summed E-state index contributed by atoms with van der Waals surface area (Å²) < 4.78 is 5.50. The molecule has 23 heavy (non-hydrogen) atoms. The molecule has 1 aromatic carbocycles. The Hall–Kier alpha value is -1.95. The number of aromatic nitrogens is 2. The average molecular weight is 330 g/mol. The van der Waals surface area contributed by atoms with Gasteiger partial charge in [-0.1, -0.05) is 30.0 Å². The highest BCUT2D eigenvalue weighted by atomic mass is 32.2. The smallest absolute Gasteiger partial charge is 0.191 e. The van der Waals surface area contributed by atoms with Crippen molar-refractivity contribution < 1.29 is 4.74 Å². The van der Waals surface area contributed by atoms with Crippen LogP contribution in [-0.2, 0) is 0 Å². The third-order valence-corrected chi connectivity index (χ3v) is 4.84. The molecule has 1 fully saturated rings. The van der Waals surface area contributed by atoms with Crippen LogP contribution in [0.4, 0.5) is 11.6 Å². The molecule has 0 radical (unpaired) electrons. The van der Waals surface area contributed by atoms with Gasteiger partial charge >= 0.3 is 0 Å². The van der Waals surface area contributed by atoms with E-state index in [9.17, 15) is 0 Å². The fraction of sp³-hybridized carbons (Fsp3) is 0.412. The van der Waals surface area contributed by atoms with E-state index in [2.05, 4.69) is 27.0 Å². The quantitative estimate of drug-likeness (QED) is 0.686. The summed E-state index contributed by atoms with van der Waals surface area (Å²) in [5.41, 5.74) is 7.20. The minimum atomic E-state index is 0.529. The van der Waals surface area contributed by atoms with E-state index in [4.69, 9.17) is 10.5 Å². The van der Waals surface area contributed by atoms with E-state index in [0.29, 0.717) is 11.7 Å². The summed E-state index contributed by atoms with van der Waals surface area (Å²) in [4.78, 5) is 11.1. The first-order valence-corrected chi connectivity index (χ1v) is 9.00. The van der Waals surface area contributed by atoms with Crippen LogP contribution < -0.4 is 15.4 Å². The van der Waals surface area contributed by atoms with Gasteiger partial charge in [-0.25, -0.2) is 9.97 Å². The van der Waals surface area contributed by atoms with Crippen LogP contribution in [0.1, 0.15) is 24.3 Å². The summed E-state index contributed by atoms with van der Waals surface area (Å²) in [5, 5.41) is 0.729. The Morgan fingerprint density at radius 3 is 2.65 bits per heavy atom. The molecule has 2 heterocycles. The zero-order chi connectivity index (χ0) is 16.2. The lowest BCUT2D eigenvalue weighted by atomic mass is 9.89. The number of ether oxygens (including phenoxy) is 1. The highest BCUT2D eigenvalue weighted by Gasteiger charge is 2.24. The largest absolute Gasteiger partial charge is 0.496 e. The lowest BCUT2D eigenvalue weighted by Crippen LogP contribution is -2.33. The first-order chi connectivity index (χ1) is 11.2. The van der Waals surface area contributed by atoms with Crippen LogP contribution in [0.2, 0.25) is 0 Å². The van der Waals surface area contributed by atoms with E-state index in [-0.39, 0.29) is 0 Å². The first-order valence-electron chi connectivity index (χ1n) is 7.77. The summed E-state index contributed by atoms with van der Waals surface area (Å²) in [6, 6.07) is 10.2. The average Bonchev–Trinajstić information content (AvgIpc) is 2.61. The third kappa shape index (κ3) is 3.52. The number of nitrogen functional groups attached to an aromatic ring is 1. The minimum absolute atomic E-state index is 0.529. The minimum Gasteiger partial charge on any atom is -0.496 e. The van der Waals surface area contributed by atoms with E-state index in [1.54, 1.807) is 7.11 Å². The van der Waals surface area contributed by atoms with Crippen LogP contribution in [0.15, 0.2) is 35.5 Å². The molecule has 1 aliphatic heterocycles. The van der Waals surface area contributed by atoms with E-state index < -0.39 is 0 Å². The molecule has 0 bridgehead atoms. The summed E-state index contributed by atoms with van der Waals surface area (Å²) in [5.74, 6) is 2.98. The fourth-order valence-corrected chi connectivity index (χ4v) is 3.49. The first kappa shape index (κ1) is 15.9. The number of methoxy groups -OCH3 is 1. The molecule has 0 aliphatic carbocycles. The molecule has 122 valence electrons. The molecule has 2 aromatic rings. The molecule has 0 unspecified atom stereocenters. The van der Waals surface area contributed by atoms with Crippen LogP contribution in [0.5, 0.6) is 5.75 Å². The van der Waals surface area contributed by atoms with Crippen molar-refractivity contribution in [2.75, 3.05) is 37.1 Å². The summed E-state index contributed by atoms with van der Waals surface area (Å²) in [7, 11) is 1.74. The van der Waals surface area contributed by atoms with Crippen LogP contribution in [-0.4, -0.2) is 36.4 Å². The van der Waals surface area contributed by atoms with Gasteiger partial charge in [0.2, 0.25) is 0 Å². The van der Waals surface area contributed by atoms with Crippen LogP contribution in [0, 0.1) is 0 Å². The van der Waals surface area contributed by atoms with Crippen molar-refractivity contribution in [2.24, 2.45) is 0 Å². The second-order valence-corrected chi connectivity index (χ2v) is 6.41. The number of nitrogens with zero attached hydrogens (tertiary/aromatic N) is 3. The van der Waals surface area contributed by atoms with Gasteiger partial charge in [-0.05, 0) is 36.6 Å². The number of para-hydroxylation sites is 1. The van der Waals surface area contributed by atoms with Gasteiger partial charge in [0.1, 0.15) is 17.4 Å². The van der Waals surface area contributed by atoms with Crippen molar-refractivity contribution in [1.82, 2.24) is 9.97 Å². The van der Waals surface area contributed by atoms with Gasteiger partial charge in [0.15, 0.2) is 5.16 Å². The number of rotatable bonds is 4. The highest BCUT2D eigenvalue weighted by molar-refractivity contribution is 7.98. The van der Waals surface area contributed by atoms with Crippen LogP contribution in [0.3, 0.4) is 0 Å².